The molecule has 0 aromatic heterocycles. The molecule has 0 saturated carbocycles. The predicted octanol–water partition coefficient (Wildman–Crippen LogP) is -0.408. The minimum Gasteiger partial charge on any atom is -1.00 e. The molecule has 2 heterocycles. The molecule has 0 nitrogen and oxygen atoms in total. The molecule has 0 radical (unpaired) electrons. The van der Waals surface area contributed by atoms with Crippen LogP contribution in [0.3, 0.4) is 0 Å². The van der Waals surface area contributed by atoms with Gasteiger partial charge < -0.3 is 24.8 Å². The van der Waals surface area contributed by atoms with Gasteiger partial charge in [-0.1, -0.05) is 76.8 Å². The van der Waals surface area contributed by atoms with Crippen molar-refractivity contribution in [2.45, 2.75) is 76.8 Å². The Morgan fingerprint density at radius 2 is 1.07 bits per heavy atom. The summed E-state index contributed by atoms with van der Waals surface area (Å²) in [6.07, 6.45) is 2.98. The molecule has 0 aliphatic carbocycles. The predicted molar refractivity (Wildman–Crippen MR) is 114 cm³/mol. The maximum atomic E-state index is 2.43. The fraction of sp³-hybridized carbons (Fsp3) is 0.545. The molecule has 2 aliphatic heterocycles. The summed E-state index contributed by atoms with van der Waals surface area (Å²) in [7, 11) is -1.74. The van der Waals surface area contributed by atoms with E-state index >= 15 is 0 Å². The zero-order valence-corrected chi connectivity index (χ0v) is 23.3. The van der Waals surface area contributed by atoms with E-state index in [0.717, 1.165) is 0 Å². The van der Waals surface area contributed by atoms with Crippen LogP contribution in [0.2, 0.25) is 36.3 Å². The zero-order chi connectivity index (χ0) is 17.2. The second-order valence-electron chi connectivity index (χ2n) is 8.33. The van der Waals surface area contributed by atoms with Gasteiger partial charge in [0.1, 0.15) is 0 Å². The third-order valence-electron chi connectivity index (χ3n) is 7.02. The van der Waals surface area contributed by atoms with Gasteiger partial charge in [-0.2, -0.15) is 35.4 Å². The van der Waals surface area contributed by atoms with Crippen LogP contribution in [0, 0.1) is 13.8 Å². The van der Waals surface area contributed by atoms with Crippen LogP contribution in [-0.4, -0.2) is 16.1 Å². The van der Waals surface area contributed by atoms with Crippen molar-refractivity contribution in [2.75, 3.05) is 0 Å². The van der Waals surface area contributed by atoms with Gasteiger partial charge in [-0.15, -0.1) is 0 Å². The van der Waals surface area contributed by atoms with E-state index in [0.29, 0.717) is 0 Å². The summed E-state index contributed by atoms with van der Waals surface area (Å²) in [6.45, 7) is 9.18. The van der Waals surface area contributed by atoms with Crippen molar-refractivity contribution >= 4 is 26.5 Å². The second kappa shape index (κ2) is 11.7. The Labute approximate surface area is 200 Å². The fourth-order valence-electron chi connectivity index (χ4n) is 4.69. The van der Waals surface area contributed by atoms with E-state index in [-0.39, 0.29) is 51.0 Å². The monoisotopic (exact) mass is 514 g/mol. The minimum atomic E-state index is -0.872. The van der Waals surface area contributed by atoms with Gasteiger partial charge in [0.2, 0.25) is 0 Å². The SMILES string of the molecule is CC[Si]1(c2cc[c-](C)c2)CCC1.CC[Si]1(c2cc[c-](C)c2)CCC1.[Cl-].[Cl-].[Zr+4]. The van der Waals surface area contributed by atoms with Crippen molar-refractivity contribution in [1.82, 2.24) is 0 Å². The molecule has 0 atom stereocenters. The van der Waals surface area contributed by atoms with Crippen molar-refractivity contribution in [1.29, 1.82) is 0 Å². The topological polar surface area (TPSA) is 0 Å². The van der Waals surface area contributed by atoms with Crippen molar-refractivity contribution in [3.63, 3.8) is 0 Å². The van der Waals surface area contributed by atoms with Gasteiger partial charge in [-0.25, -0.2) is 22.5 Å². The number of aryl methyl sites for hydroxylation is 2. The van der Waals surface area contributed by atoms with E-state index < -0.39 is 16.1 Å². The van der Waals surface area contributed by atoms with Crippen LogP contribution in [0.25, 0.3) is 0 Å². The Morgan fingerprint density at radius 1 is 0.741 bits per heavy atom. The van der Waals surface area contributed by atoms with E-state index in [1.165, 1.54) is 36.1 Å². The van der Waals surface area contributed by atoms with Crippen LogP contribution in [0.15, 0.2) is 36.4 Å². The smallest absolute Gasteiger partial charge is 1.00 e. The maximum Gasteiger partial charge on any atom is 4.00 e. The number of halogens is 2. The first-order chi connectivity index (χ1) is 11.5. The Hall–Kier alpha value is 0.597. The molecule has 2 fully saturated rings. The molecular formula is C22H34Cl2Si2Zr. The molecule has 5 heteroatoms. The summed E-state index contributed by atoms with van der Waals surface area (Å²) < 4.78 is 0. The summed E-state index contributed by atoms with van der Waals surface area (Å²) in [6, 6.07) is 23.3. The zero-order valence-electron chi connectivity index (χ0n) is 17.4. The number of rotatable bonds is 4. The molecule has 0 unspecified atom stereocenters. The Bertz CT molecular complexity index is 600. The molecule has 2 aromatic rings. The Balaban J connectivity index is 0.000000451. The Kier molecular flexibility index (Phi) is 12.0. The van der Waals surface area contributed by atoms with E-state index in [4.69, 9.17) is 0 Å². The van der Waals surface area contributed by atoms with Crippen molar-refractivity contribution < 1.29 is 51.0 Å². The van der Waals surface area contributed by atoms with Gasteiger partial charge in [0.05, 0.1) is 0 Å². The standard InChI is InChI=1S/2C11H17Si.2ClH.Zr/c2*1-3-12(7-4-8-12)11-6-5-10(2)9-11;;;/h2*5-6,9H,3-4,7-8H2,1-2H3;2*1H;/q2*-1;;;+4/p-2. The molecule has 27 heavy (non-hydrogen) atoms. The van der Waals surface area contributed by atoms with E-state index in [2.05, 4.69) is 64.1 Å². The maximum absolute atomic E-state index is 2.43. The van der Waals surface area contributed by atoms with Crippen molar-refractivity contribution in [3.8, 4) is 0 Å². The van der Waals surface area contributed by atoms with Crippen LogP contribution in [0.5, 0.6) is 0 Å². The third kappa shape index (κ3) is 5.82. The molecular weight excluding hydrogens is 483 g/mol. The number of hydrogen-bond donors (Lipinski definition) is 0. The molecule has 0 N–H and O–H groups in total. The second-order valence-corrected chi connectivity index (χ2v) is 18.0. The van der Waals surface area contributed by atoms with Gasteiger partial charge in [0, 0.05) is 16.1 Å². The van der Waals surface area contributed by atoms with Gasteiger partial charge in [0.15, 0.2) is 0 Å². The molecule has 2 saturated heterocycles. The van der Waals surface area contributed by atoms with E-state index in [1.54, 1.807) is 34.5 Å². The van der Waals surface area contributed by atoms with Crippen molar-refractivity contribution in [3.05, 3.63) is 47.5 Å². The van der Waals surface area contributed by atoms with Crippen LogP contribution < -0.4 is 35.2 Å². The molecule has 148 valence electrons. The molecule has 4 rings (SSSR count). The van der Waals surface area contributed by atoms with Gasteiger partial charge >= 0.3 is 26.2 Å². The first kappa shape index (κ1) is 27.6. The normalized spacial score (nSPS) is 18.2. The largest absolute Gasteiger partial charge is 4.00 e. The van der Waals surface area contributed by atoms with E-state index in [1.807, 2.05) is 0 Å². The average molecular weight is 517 g/mol. The first-order valence-corrected chi connectivity index (χ1v) is 15.3. The molecule has 0 amide bonds. The van der Waals surface area contributed by atoms with Crippen LogP contribution in [0.1, 0.15) is 37.8 Å². The van der Waals surface area contributed by atoms with E-state index in [9.17, 15) is 0 Å². The first-order valence-electron chi connectivity index (χ1n) is 10.0. The summed E-state index contributed by atoms with van der Waals surface area (Å²) >= 11 is 0. The molecule has 2 aliphatic rings. The average Bonchev–Trinajstić information content (AvgIpc) is 3.09. The van der Waals surface area contributed by atoms with Crippen LogP contribution in [-0.2, 0) is 26.2 Å². The summed E-state index contributed by atoms with van der Waals surface area (Å²) in [4.78, 5) is 0. The Morgan fingerprint density at radius 3 is 1.22 bits per heavy atom. The summed E-state index contributed by atoms with van der Waals surface area (Å²) in [5, 5.41) is 3.46. The van der Waals surface area contributed by atoms with Gasteiger partial charge in [-0.3, -0.25) is 0 Å². The minimum absolute atomic E-state index is 0. The summed E-state index contributed by atoms with van der Waals surface area (Å²) in [5.74, 6) is 0. The molecule has 0 spiro atoms. The quantitative estimate of drug-likeness (QED) is 0.383. The number of hydrogen-bond acceptors (Lipinski definition) is 0. The van der Waals surface area contributed by atoms with Gasteiger partial charge in [0.25, 0.3) is 0 Å². The molecule has 2 aromatic carbocycles. The van der Waals surface area contributed by atoms with Crippen LogP contribution >= 0.6 is 0 Å². The summed E-state index contributed by atoms with van der Waals surface area (Å²) in [5.41, 5.74) is 2.91. The fourth-order valence-corrected chi connectivity index (χ4v) is 12.4. The van der Waals surface area contributed by atoms with Gasteiger partial charge in [-0.05, 0) is 0 Å². The van der Waals surface area contributed by atoms with Crippen LogP contribution in [0.4, 0.5) is 0 Å². The van der Waals surface area contributed by atoms with Crippen molar-refractivity contribution in [2.24, 2.45) is 0 Å². The third-order valence-corrected chi connectivity index (χ3v) is 18.0. The molecule has 0 bridgehead atoms.